The number of nitrogens with zero attached hydrogens (tertiary/aromatic N) is 3. The predicted molar refractivity (Wildman–Crippen MR) is 95.4 cm³/mol. The first-order valence-corrected chi connectivity index (χ1v) is 8.48. The van der Waals surface area contributed by atoms with Gasteiger partial charge in [0.15, 0.2) is 0 Å². The molecule has 0 bridgehead atoms. The van der Waals surface area contributed by atoms with Gasteiger partial charge in [-0.1, -0.05) is 0 Å². The molecule has 1 amide bonds. The summed E-state index contributed by atoms with van der Waals surface area (Å²) < 4.78 is 6.43. The number of hydrogen-bond acceptors (Lipinski definition) is 5. The number of rotatable bonds is 4. The number of morpholine rings is 1. The van der Waals surface area contributed by atoms with E-state index in [1.165, 1.54) is 0 Å². The van der Waals surface area contributed by atoms with E-state index in [4.69, 9.17) is 4.74 Å². The lowest BCUT2D eigenvalue weighted by molar-refractivity contribution is 0.0950. The standard InChI is InChI=1S/C16H17IN4O2/c17-13-3-1-12(2-4-13)15(22)19-11-14-5-6-18-16(20-14)21-7-9-23-10-8-21/h1-6H,7-11H2,(H,19,22). The summed E-state index contributed by atoms with van der Waals surface area (Å²) in [4.78, 5) is 23.0. The molecule has 23 heavy (non-hydrogen) atoms. The van der Waals surface area contributed by atoms with Gasteiger partial charge < -0.3 is 15.0 Å². The molecule has 120 valence electrons. The van der Waals surface area contributed by atoms with Gasteiger partial charge in [-0.3, -0.25) is 4.79 Å². The summed E-state index contributed by atoms with van der Waals surface area (Å²) in [5, 5.41) is 2.89. The number of ether oxygens (including phenoxy) is 1. The highest BCUT2D eigenvalue weighted by atomic mass is 127. The molecule has 0 spiro atoms. The maximum Gasteiger partial charge on any atom is 0.251 e. The number of benzene rings is 1. The van der Waals surface area contributed by atoms with Gasteiger partial charge in [0.1, 0.15) is 0 Å². The number of halogens is 1. The van der Waals surface area contributed by atoms with Crippen LogP contribution in [0.1, 0.15) is 16.1 Å². The van der Waals surface area contributed by atoms with E-state index in [1.54, 1.807) is 6.20 Å². The number of amides is 1. The van der Waals surface area contributed by atoms with Crippen molar-refractivity contribution in [1.82, 2.24) is 15.3 Å². The second kappa shape index (κ2) is 7.69. The Balaban J connectivity index is 1.61. The van der Waals surface area contributed by atoms with E-state index in [0.29, 0.717) is 31.3 Å². The summed E-state index contributed by atoms with van der Waals surface area (Å²) >= 11 is 2.21. The molecular formula is C16H17IN4O2. The zero-order chi connectivity index (χ0) is 16.1. The SMILES string of the molecule is O=C(NCc1ccnc(N2CCOCC2)n1)c1ccc(I)cc1. The summed E-state index contributed by atoms with van der Waals surface area (Å²) in [7, 11) is 0. The lowest BCUT2D eigenvalue weighted by Crippen LogP contribution is -2.37. The summed E-state index contributed by atoms with van der Waals surface area (Å²) in [6, 6.07) is 9.28. The third-order valence-electron chi connectivity index (χ3n) is 3.53. The zero-order valence-electron chi connectivity index (χ0n) is 12.5. The molecular weight excluding hydrogens is 407 g/mol. The van der Waals surface area contributed by atoms with Crippen LogP contribution in [-0.4, -0.2) is 42.2 Å². The maximum absolute atomic E-state index is 12.1. The highest BCUT2D eigenvalue weighted by Crippen LogP contribution is 2.10. The highest BCUT2D eigenvalue weighted by molar-refractivity contribution is 14.1. The molecule has 0 aliphatic carbocycles. The molecule has 0 saturated carbocycles. The van der Waals surface area contributed by atoms with Crippen LogP contribution in [0.25, 0.3) is 0 Å². The van der Waals surface area contributed by atoms with Crippen LogP contribution in [0.15, 0.2) is 36.5 Å². The van der Waals surface area contributed by atoms with Crippen molar-refractivity contribution in [3.63, 3.8) is 0 Å². The monoisotopic (exact) mass is 424 g/mol. The van der Waals surface area contributed by atoms with Crippen molar-refractivity contribution in [2.24, 2.45) is 0 Å². The first kappa shape index (κ1) is 16.1. The van der Waals surface area contributed by atoms with Crippen LogP contribution < -0.4 is 10.2 Å². The van der Waals surface area contributed by atoms with E-state index in [9.17, 15) is 4.79 Å². The smallest absolute Gasteiger partial charge is 0.251 e. The van der Waals surface area contributed by atoms with Gasteiger partial charge in [0.2, 0.25) is 5.95 Å². The molecule has 1 aliphatic rings. The summed E-state index contributed by atoms with van der Waals surface area (Å²) in [6.07, 6.45) is 1.73. The van der Waals surface area contributed by atoms with Crippen molar-refractivity contribution >= 4 is 34.4 Å². The highest BCUT2D eigenvalue weighted by Gasteiger charge is 2.14. The molecule has 1 fully saturated rings. The van der Waals surface area contributed by atoms with Crippen molar-refractivity contribution in [3.05, 3.63) is 51.4 Å². The van der Waals surface area contributed by atoms with Gasteiger partial charge in [-0.15, -0.1) is 0 Å². The molecule has 2 aromatic rings. The number of hydrogen-bond donors (Lipinski definition) is 1. The molecule has 1 saturated heterocycles. The number of anilines is 1. The van der Waals surface area contributed by atoms with Crippen LogP contribution in [0, 0.1) is 3.57 Å². The molecule has 1 N–H and O–H groups in total. The molecule has 2 heterocycles. The minimum absolute atomic E-state index is 0.104. The van der Waals surface area contributed by atoms with Crippen LogP contribution in [0.3, 0.4) is 0 Å². The van der Waals surface area contributed by atoms with Crippen molar-refractivity contribution in [2.75, 3.05) is 31.2 Å². The summed E-state index contributed by atoms with van der Waals surface area (Å²) in [6.45, 7) is 3.34. The second-order valence-electron chi connectivity index (χ2n) is 5.14. The Bertz CT molecular complexity index is 672. The van der Waals surface area contributed by atoms with Crippen LogP contribution >= 0.6 is 22.6 Å². The minimum atomic E-state index is -0.104. The van der Waals surface area contributed by atoms with E-state index in [2.05, 4.69) is 42.8 Å². The largest absolute Gasteiger partial charge is 0.378 e. The van der Waals surface area contributed by atoms with Gasteiger partial charge in [0, 0.05) is 28.4 Å². The third kappa shape index (κ3) is 4.38. The van der Waals surface area contributed by atoms with E-state index in [0.717, 1.165) is 22.4 Å². The molecule has 3 rings (SSSR count). The van der Waals surface area contributed by atoms with Crippen LogP contribution in [-0.2, 0) is 11.3 Å². The number of carbonyl (C=O) groups excluding carboxylic acids is 1. The van der Waals surface area contributed by atoms with Crippen LogP contribution in [0.2, 0.25) is 0 Å². The normalized spacial score (nSPS) is 14.6. The Morgan fingerprint density at radius 2 is 1.96 bits per heavy atom. The van der Waals surface area contributed by atoms with Crippen molar-refractivity contribution in [1.29, 1.82) is 0 Å². The molecule has 0 atom stereocenters. The molecule has 0 radical (unpaired) electrons. The Morgan fingerprint density at radius 3 is 2.70 bits per heavy atom. The average Bonchev–Trinajstić information content (AvgIpc) is 2.61. The fourth-order valence-electron chi connectivity index (χ4n) is 2.27. The predicted octanol–water partition coefficient (Wildman–Crippen LogP) is 1.85. The van der Waals surface area contributed by atoms with Crippen LogP contribution in [0.5, 0.6) is 0 Å². The topological polar surface area (TPSA) is 67.4 Å². The zero-order valence-corrected chi connectivity index (χ0v) is 14.7. The Labute approximate surface area is 148 Å². The van der Waals surface area contributed by atoms with E-state index in [-0.39, 0.29) is 5.91 Å². The van der Waals surface area contributed by atoms with Gasteiger partial charge >= 0.3 is 0 Å². The number of nitrogens with one attached hydrogen (secondary N) is 1. The molecule has 7 heteroatoms. The Morgan fingerprint density at radius 1 is 1.22 bits per heavy atom. The fraction of sp³-hybridized carbons (Fsp3) is 0.312. The Kier molecular flexibility index (Phi) is 5.39. The number of carbonyl (C=O) groups is 1. The average molecular weight is 424 g/mol. The number of aromatic nitrogens is 2. The maximum atomic E-state index is 12.1. The van der Waals surface area contributed by atoms with E-state index in [1.807, 2.05) is 30.3 Å². The molecule has 0 unspecified atom stereocenters. The quantitative estimate of drug-likeness (QED) is 0.760. The lowest BCUT2D eigenvalue weighted by atomic mass is 10.2. The lowest BCUT2D eigenvalue weighted by Gasteiger charge is -2.26. The van der Waals surface area contributed by atoms with Gasteiger partial charge in [0.05, 0.1) is 25.5 Å². The third-order valence-corrected chi connectivity index (χ3v) is 4.25. The Hall–Kier alpha value is -1.74. The van der Waals surface area contributed by atoms with E-state index < -0.39 is 0 Å². The first-order valence-electron chi connectivity index (χ1n) is 7.41. The second-order valence-corrected chi connectivity index (χ2v) is 6.38. The summed E-state index contributed by atoms with van der Waals surface area (Å²) in [5.41, 5.74) is 1.44. The van der Waals surface area contributed by atoms with Crippen molar-refractivity contribution < 1.29 is 9.53 Å². The molecule has 1 aromatic heterocycles. The van der Waals surface area contributed by atoms with Gasteiger partial charge in [-0.25, -0.2) is 9.97 Å². The van der Waals surface area contributed by atoms with Gasteiger partial charge in [-0.2, -0.15) is 0 Å². The minimum Gasteiger partial charge on any atom is -0.378 e. The van der Waals surface area contributed by atoms with Gasteiger partial charge in [0.25, 0.3) is 5.91 Å². The molecule has 6 nitrogen and oxygen atoms in total. The van der Waals surface area contributed by atoms with E-state index >= 15 is 0 Å². The summed E-state index contributed by atoms with van der Waals surface area (Å²) in [5.74, 6) is 0.585. The van der Waals surface area contributed by atoms with Gasteiger partial charge in [-0.05, 0) is 52.9 Å². The first-order chi connectivity index (χ1) is 11.2. The van der Waals surface area contributed by atoms with Crippen LogP contribution in [0.4, 0.5) is 5.95 Å². The molecule has 1 aromatic carbocycles. The fourth-order valence-corrected chi connectivity index (χ4v) is 2.63. The van der Waals surface area contributed by atoms with Crippen molar-refractivity contribution in [2.45, 2.75) is 6.54 Å². The molecule has 1 aliphatic heterocycles. The van der Waals surface area contributed by atoms with Crippen molar-refractivity contribution in [3.8, 4) is 0 Å².